The summed E-state index contributed by atoms with van der Waals surface area (Å²) in [6.45, 7) is 1.03. The van der Waals surface area contributed by atoms with E-state index in [2.05, 4.69) is 16.0 Å². The van der Waals surface area contributed by atoms with Crippen LogP contribution in [0.15, 0.2) is 42.5 Å². The second-order valence-electron chi connectivity index (χ2n) is 5.35. The van der Waals surface area contributed by atoms with Crippen molar-refractivity contribution in [1.82, 2.24) is 0 Å². The zero-order valence-electron chi connectivity index (χ0n) is 13.6. The Morgan fingerprint density at radius 1 is 0.962 bits per heavy atom. The molecule has 0 bridgehead atoms. The Bertz CT molecular complexity index is 805. The van der Waals surface area contributed by atoms with Gasteiger partial charge >= 0.3 is 6.18 Å². The predicted octanol–water partition coefficient (Wildman–Crippen LogP) is 3.85. The molecule has 2 aromatic rings. The molecule has 3 N–H and O–H groups in total. The van der Waals surface area contributed by atoms with Crippen molar-refractivity contribution in [2.45, 2.75) is 13.1 Å². The molecule has 0 fully saturated rings. The number of nitrogens with one attached hydrogen (secondary N) is 3. The van der Waals surface area contributed by atoms with E-state index in [1.165, 1.54) is 19.1 Å². The number of anilines is 3. The van der Waals surface area contributed by atoms with Crippen LogP contribution in [0.1, 0.15) is 12.5 Å². The van der Waals surface area contributed by atoms with Crippen LogP contribution in [0.2, 0.25) is 0 Å². The van der Waals surface area contributed by atoms with Gasteiger partial charge in [-0.3, -0.25) is 9.59 Å². The zero-order valence-corrected chi connectivity index (χ0v) is 13.6. The largest absolute Gasteiger partial charge is 0.416 e. The lowest BCUT2D eigenvalue weighted by atomic mass is 10.2. The van der Waals surface area contributed by atoms with Crippen LogP contribution in [0.3, 0.4) is 0 Å². The average molecular weight is 369 g/mol. The molecule has 0 saturated carbocycles. The molecule has 9 heteroatoms. The standard InChI is InChI=1S/C17H15F4N3O2/c1-10(25)23-15-8-13(6-7-14(15)18)22-9-16(26)24-12-4-2-11(3-5-12)17(19,20)21/h2-8,22H,9H2,1H3,(H,23,25)(H,24,26). The Labute approximate surface area is 146 Å². The van der Waals surface area contributed by atoms with Gasteiger partial charge in [-0.25, -0.2) is 4.39 Å². The summed E-state index contributed by atoms with van der Waals surface area (Å²) in [6.07, 6.45) is -4.45. The first-order chi connectivity index (χ1) is 12.1. The van der Waals surface area contributed by atoms with Gasteiger partial charge in [0.25, 0.3) is 0 Å². The summed E-state index contributed by atoms with van der Waals surface area (Å²) in [5, 5.41) is 7.48. The minimum absolute atomic E-state index is 0.0364. The van der Waals surface area contributed by atoms with Gasteiger partial charge in [0.1, 0.15) is 5.82 Å². The van der Waals surface area contributed by atoms with Crippen LogP contribution < -0.4 is 16.0 Å². The Balaban J connectivity index is 1.93. The van der Waals surface area contributed by atoms with Crippen molar-refractivity contribution in [3.8, 4) is 0 Å². The first kappa shape index (κ1) is 19.2. The lowest BCUT2D eigenvalue weighted by Gasteiger charge is -2.11. The highest BCUT2D eigenvalue weighted by atomic mass is 19.4. The third-order valence-corrected chi connectivity index (χ3v) is 3.23. The first-order valence-electron chi connectivity index (χ1n) is 7.43. The molecule has 2 aromatic carbocycles. The molecule has 0 aliphatic rings. The third-order valence-electron chi connectivity index (χ3n) is 3.23. The van der Waals surface area contributed by atoms with Crippen molar-refractivity contribution in [2.24, 2.45) is 0 Å². The maximum absolute atomic E-state index is 13.5. The van der Waals surface area contributed by atoms with Crippen LogP contribution >= 0.6 is 0 Å². The highest BCUT2D eigenvalue weighted by molar-refractivity contribution is 5.94. The van der Waals surface area contributed by atoms with Gasteiger partial charge in [0.05, 0.1) is 17.8 Å². The highest BCUT2D eigenvalue weighted by Crippen LogP contribution is 2.29. The molecule has 0 aromatic heterocycles. The van der Waals surface area contributed by atoms with Gasteiger partial charge in [-0.05, 0) is 42.5 Å². The topological polar surface area (TPSA) is 70.2 Å². The maximum atomic E-state index is 13.5. The normalized spacial score (nSPS) is 11.0. The van der Waals surface area contributed by atoms with Gasteiger partial charge in [-0.2, -0.15) is 13.2 Å². The van der Waals surface area contributed by atoms with Crippen LogP contribution in [-0.2, 0) is 15.8 Å². The lowest BCUT2D eigenvalue weighted by Crippen LogP contribution is -2.22. The summed E-state index contributed by atoms with van der Waals surface area (Å²) in [4.78, 5) is 22.9. The summed E-state index contributed by atoms with van der Waals surface area (Å²) in [7, 11) is 0. The van der Waals surface area contributed by atoms with E-state index in [1.807, 2.05) is 0 Å². The van der Waals surface area contributed by atoms with Crippen molar-refractivity contribution in [2.75, 3.05) is 22.5 Å². The molecular formula is C17H15F4N3O2. The third kappa shape index (κ3) is 5.47. The fourth-order valence-corrected chi connectivity index (χ4v) is 2.05. The predicted molar refractivity (Wildman–Crippen MR) is 89.3 cm³/mol. The number of alkyl halides is 3. The number of benzene rings is 2. The van der Waals surface area contributed by atoms with Gasteiger partial charge in [0, 0.05) is 18.3 Å². The van der Waals surface area contributed by atoms with Gasteiger partial charge in [-0.15, -0.1) is 0 Å². The number of hydrogen-bond donors (Lipinski definition) is 3. The molecule has 0 unspecified atom stereocenters. The summed E-state index contributed by atoms with van der Waals surface area (Å²) in [6, 6.07) is 7.85. The van der Waals surface area contributed by atoms with E-state index in [0.29, 0.717) is 5.69 Å². The van der Waals surface area contributed by atoms with Gasteiger partial charge in [0.2, 0.25) is 11.8 Å². The van der Waals surface area contributed by atoms with Gasteiger partial charge in [-0.1, -0.05) is 0 Å². The quantitative estimate of drug-likeness (QED) is 0.701. The second kappa shape index (κ2) is 7.85. The summed E-state index contributed by atoms with van der Waals surface area (Å²) < 4.78 is 51.0. The van der Waals surface area contributed by atoms with Crippen LogP contribution in [0.4, 0.5) is 34.6 Å². The van der Waals surface area contributed by atoms with E-state index in [1.54, 1.807) is 0 Å². The fraction of sp³-hybridized carbons (Fsp3) is 0.176. The van der Waals surface area contributed by atoms with E-state index >= 15 is 0 Å². The second-order valence-corrected chi connectivity index (χ2v) is 5.35. The van der Waals surface area contributed by atoms with Crippen LogP contribution in [0, 0.1) is 5.82 Å². The average Bonchev–Trinajstić information content (AvgIpc) is 2.55. The van der Waals surface area contributed by atoms with Crippen LogP contribution in [0.5, 0.6) is 0 Å². The Kier molecular flexibility index (Phi) is 5.81. The van der Waals surface area contributed by atoms with Crippen molar-refractivity contribution < 1.29 is 27.2 Å². The lowest BCUT2D eigenvalue weighted by molar-refractivity contribution is -0.137. The molecule has 2 rings (SSSR count). The van der Waals surface area contributed by atoms with E-state index in [9.17, 15) is 27.2 Å². The number of rotatable bonds is 5. The smallest absolute Gasteiger partial charge is 0.376 e. The van der Waals surface area contributed by atoms with Crippen molar-refractivity contribution in [3.05, 3.63) is 53.8 Å². The summed E-state index contributed by atoms with van der Waals surface area (Å²) >= 11 is 0. The molecule has 0 saturated heterocycles. The Hall–Kier alpha value is -3.10. The summed E-state index contributed by atoms with van der Waals surface area (Å²) in [5.41, 5.74) is -0.253. The molecule has 0 heterocycles. The molecule has 5 nitrogen and oxygen atoms in total. The van der Waals surface area contributed by atoms with Crippen LogP contribution in [0.25, 0.3) is 0 Å². The Morgan fingerprint density at radius 3 is 2.15 bits per heavy atom. The molecule has 0 atom stereocenters. The number of hydrogen-bond acceptors (Lipinski definition) is 3. The molecule has 0 aliphatic carbocycles. The van der Waals surface area contributed by atoms with Crippen LogP contribution in [-0.4, -0.2) is 18.4 Å². The van der Waals surface area contributed by atoms with E-state index in [0.717, 1.165) is 30.3 Å². The SMILES string of the molecule is CC(=O)Nc1cc(NCC(=O)Nc2ccc(C(F)(F)F)cc2)ccc1F. The minimum atomic E-state index is -4.45. The monoisotopic (exact) mass is 369 g/mol. The van der Waals surface area contributed by atoms with Gasteiger partial charge in [0.15, 0.2) is 0 Å². The molecule has 0 radical (unpaired) electrons. The fourth-order valence-electron chi connectivity index (χ4n) is 2.05. The van der Waals surface area contributed by atoms with E-state index in [-0.39, 0.29) is 17.9 Å². The molecule has 26 heavy (non-hydrogen) atoms. The number of amides is 2. The van der Waals surface area contributed by atoms with Crippen molar-refractivity contribution in [1.29, 1.82) is 0 Å². The highest BCUT2D eigenvalue weighted by Gasteiger charge is 2.29. The molecule has 0 spiro atoms. The van der Waals surface area contributed by atoms with Crippen molar-refractivity contribution in [3.63, 3.8) is 0 Å². The zero-order chi connectivity index (χ0) is 19.3. The number of carbonyl (C=O) groups is 2. The molecular weight excluding hydrogens is 354 g/mol. The first-order valence-corrected chi connectivity index (χ1v) is 7.43. The molecule has 2 amide bonds. The maximum Gasteiger partial charge on any atom is 0.416 e. The summed E-state index contributed by atoms with van der Waals surface area (Å²) in [5.74, 6) is -1.57. The van der Waals surface area contributed by atoms with Gasteiger partial charge < -0.3 is 16.0 Å². The molecule has 138 valence electrons. The number of halogens is 4. The molecule has 0 aliphatic heterocycles. The van der Waals surface area contributed by atoms with Crippen molar-refractivity contribution >= 4 is 28.9 Å². The minimum Gasteiger partial charge on any atom is -0.376 e. The number of carbonyl (C=O) groups excluding carboxylic acids is 2. The van der Waals surface area contributed by atoms with E-state index in [4.69, 9.17) is 0 Å². The Morgan fingerprint density at radius 2 is 1.58 bits per heavy atom. The van der Waals surface area contributed by atoms with E-state index < -0.39 is 29.4 Å².